The molecule has 0 saturated carbocycles. The first kappa shape index (κ1) is 20.0. The average molecular weight is 404 g/mol. The van der Waals surface area contributed by atoms with Gasteiger partial charge in [-0.15, -0.1) is 0 Å². The van der Waals surface area contributed by atoms with Crippen LogP contribution in [-0.4, -0.2) is 39.4 Å². The second-order valence-electron chi connectivity index (χ2n) is 7.37. The van der Waals surface area contributed by atoms with Crippen LogP contribution in [-0.2, 0) is 0 Å². The van der Waals surface area contributed by atoms with Crippen molar-refractivity contribution in [2.75, 3.05) is 54.9 Å². The minimum Gasteiger partial charge on any atom is -0.488 e. The first-order valence-electron chi connectivity index (χ1n) is 10.5. The zero-order valence-electron chi connectivity index (χ0n) is 17.4. The standard InChI is InChI=1S/C25H29N3O2/c1-20-11-12-23-25(19-20)30-18-17-29-24-10-6-5-9-22(24)26-13-15-28(16-14-27-23)21-7-3-2-4-8-21/h2-12,19,26-27H,13-18H2,1H3. The van der Waals surface area contributed by atoms with E-state index in [0.29, 0.717) is 13.2 Å². The molecular formula is C25H29N3O2. The van der Waals surface area contributed by atoms with Gasteiger partial charge in [0.1, 0.15) is 24.7 Å². The lowest BCUT2D eigenvalue weighted by Gasteiger charge is -2.26. The molecular weight excluding hydrogens is 374 g/mol. The number of hydrogen-bond donors (Lipinski definition) is 2. The molecule has 0 radical (unpaired) electrons. The Bertz CT molecular complexity index is 946. The van der Waals surface area contributed by atoms with E-state index in [1.54, 1.807) is 0 Å². The molecule has 0 atom stereocenters. The van der Waals surface area contributed by atoms with E-state index in [2.05, 4.69) is 77.1 Å². The number of ether oxygens (including phenoxy) is 2. The van der Waals surface area contributed by atoms with Crippen molar-refractivity contribution < 1.29 is 9.47 Å². The maximum Gasteiger partial charge on any atom is 0.142 e. The summed E-state index contributed by atoms with van der Waals surface area (Å²) in [5.74, 6) is 1.72. The van der Waals surface area contributed by atoms with Crippen LogP contribution >= 0.6 is 0 Å². The van der Waals surface area contributed by atoms with Crippen molar-refractivity contribution in [1.82, 2.24) is 0 Å². The molecule has 4 rings (SSSR count). The van der Waals surface area contributed by atoms with Crippen LogP contribution in [0.1, 0.15) is 5.56 Å². The van der Waals surface area contributed by atoms with E-state index in [1.165, 1.54) is 11.3 Å². The van der Waals surface area contributed by atoms with Gasteiger partial charge in [-0.25, -0.2) is 0 Å². The lowest BCUT2D eigenvalue weighted by Crippen LogP contribution is -2.33. The van der Waals surface area contributed by atoms with Crippen molar-refractivity contribution in [3.63, 3.8) is 0 Å². The first-order chi connectivity index (χ1) is 14.8. The summed E-state index contributed by atoms with van der Waals surface area (Å²) in [5.41, 5.74) is 4.42. The van der Waals surface area contributed by atoms with Gasteiger partial charge in [0, 0.05) is 31.9 Å². The second-order valence-corrected chi connectivity index (χ2v) is 7.37. The Balaban J connectivity index is 1.57. The molecule has 156 valence electrons. The monoisotopic (exact) mass is 403 g/mol. The fourth-order valence-corrected chi connectivity index (χ4v) is 3.60. The topological polar surface area (TPSA) is 45.8 Å². The second kappa shape index (κ2) is 9.92. The summed E-state index contributed by atoms with van der Waals surface area (Å²) < 4.78 is 12.0. The Morgan fingerprint density at radius 2 is 1.33 bits per heavy atom. The van der Waals surface area contributed by atoms with Gasteiger partial charge < -0.3 is 25.0 Å². The van der Waals surface area contributed by atoms with Crippen molar-refractivity contribution in [3.8, 4) is 11.5 Å². The zero-order chi connectivity index (χ0) is 20.6. The molecule has 1 heterocycles. The number of hydrogen-bond acceptors (Lipinski definition) is 5. The van der Waals surface area contributed by atoms with Crippen molar-refractivity contribution >= 4 is 17.1 Å². The summed E-state index contributed by atoms with van der Waals surface area (Å²) in [5, 5.41) is 7.08. The quantitative estimate of drug-likeness (QED) is 0.611. The molecule has 0 saturated heterocycles. The van der Waals surface area contributed by atoms with Crippen LogP contribution < -0.4 is 25.0 Å². The number of para-hydroxylation sites is 3. The van der Waals surface area contributed by atoms with E-state index in [0.717, 1.165) is 49.1 Å². The average Bonchev–Trinajstić information content (AvgIpc) is 2.78. The molecule has 1 aliphatic rings. The Kier molecular flexibility index (Phi) is 6.60. The number of aryl methyl sites for hydroxylation is 1. The maximum atomic E-state index is 6.05. The highest BCUT2D eigenvalue weighted by Gasteiger charge is 2.10. The van der Waals surface area contributed by atoms with Crippen LogP contribution in [0.25, 0.3) is 0 Å². The van der Waals surface area contributed by atoms with Crippen molar-refractivity contribution in [3.05, 3.63) is 78.4 Å². The number of benzene rings is 3. The normalized spacial score (nSPS) is 15.0. The maximum absolute atomic E-state index is 6.05. The molecule has 0 aliphatic carbocycles. The van der Waals surface area contributed by atoms with Crippen LogP contribution in [0.4, 0.5) is 17.1 Å². The van der Waals surface area contributed by atoms with E-state index in [9.17, 15) is 0 Å². The fourth-order valence-electron chi connectivity index (χ4n) is 3.60. The van der Waals surface area contributed by atoms with E-state index in [4.69, 9.17) is 9.47 Å². The van der Waals surface area contributed by atoms with E-state index >= 15 is 0 Å². The predicted octanol–water partition coefficient (Wildman–Crippen LogP) is 4.80. The molecule has 1 aliphatic heterocycles. The Hall–Kier alpha value is -3.34. The third kappa shape index (κ3) is 5.17. The molecule has 30 heavy (non-hydrogen) atoms. The molecule has 5 nitrogen and oxygen atoms in total. The highest BCUT2D eigenvalue weighted by Crippen LogP contribution is 2.27. The molecule has 2 N–H and O–H groups in total. The summed E-state index contributed by atoms with van der Waals surface area (Å²) >= 11 is 0. The number of anilines is 3. The summed E-state index contributed by atoms with van der Waals surface area (Å²) in [7, 11) is 0. The van der Waals surface area contributed by atoms with Crippen LogP contribution in [0.5, 0.6) is 11.5 Å². The van der Waals surface area contributed by atoms with E-state index in [-0.39, 0.29) is 0 Å². The van der Waals surface area contributed by atoms with Crippen LogP contribution in [0.2, 0.25) is 0 Å². The third-order valence-electron chi connectivity index (χ3n) is 5.14. The van der Waals surface area contributed by atoms with Gasteiger partial charge in [0.05, 0.1) is 11.4 Å². The van der Waals surface area contributed by atoms with Crippen LogP contribution in [0, 0.1) is 6.92 Å². The van der Waals surface area contributed by atoms with Crippen molar-refractivity contribution in [2.45, 2.75) is 6.92 Å². The van der Waals surface area contributed by atoms with Gasteiger partial charge in [0.2, 0.25) is 0 Å². The number of rotatable bonds is 1. The summed E-state index contributed by atoms with van der Waals surface area (Å²) in [6.45, 7) is 6.47. The van der Waals surface area contributed by atoms with Gasteiger partial charge in [-0.05, 0) is 48.9 Å². The molecule has 3 aromatic rings. The minimum absolute atomic E-state index is 0.488. The van der Waals surface area contributed by atoms with Crippen molar-refractivity contribution in [1.29, 1.82) is 0 Å². The Morgan fingerprint density at radius 3 is 2.10 bits per heavy atom. The highest BCUT2D eigenvalue weighted by molar-refractivity contribution is 5.58. The van der Waals surface area contributed by atoms with E-state index in [1.807, 2.05) is 18.2 Å². The smallest absolute Gasteiger partial charge is 0.142 e. The largest absolute Gasteiger partial charge is 0.488 e. The molecule has 0 amide bonds. The Labute approximate surface area is 178 Å². The van der Waals surface area contributed by atoms with Crippen LogP contribution in [0.3, 0.4) is 0 Å². The number of nitrogens with one attached hydrogen (secondary N) is 2. The molecule has 0 bridgehead atoms. The number of fused-ring (bicyclic) bond motifs is 2. The predicted molar refractivity (Wildman–Crippen MR) is 124 cm³/mol. The Morgan fingerprint density at radius 1 is 0.700 bits per heavy atom. The van der Waals surface area contributed by atoms with Crippen molar-refractivity contribution in [2.24, 2.45) is 0 Å². The van der Waals surface area contributed by atoms with Gasteiger partial charge in [0.15, 0.2) is 0 Å². The molecule has 0 aromatic heterocycles. The zero-order valence-corrected chi connectivity index (χ0v) is 17.4. The lowest BCUT2D eigenvalue weighted by molar-refractivity contribution is 0.218. The van der Waals surface area contributed by atoms with Gasteiger partial charge in [0.25, 0.3) is 0 Å². The molecule has 5 heteroatoms. The molecule has 0 fully saturated rings. The van der Waals surface area contributed by atoms with Gasteiger partial charge in [-0.3, -0.25) is 0 Å². The van der Waals surface area contributed by atoms with Gasteiger partial charge in [-0.2, -0.15) is 0 Å². The lowest BCUT2D eigenvalue weighted by atomic mass is 10.2. The molecule has 3 aromatic carbocycles. The SMILES string of the molecule is Cc1ccc2c(c1)OCCOc1ccccc1NCCN(c1ccccc1)CCN2. The minimum atomic E-state index is 0.488. The van der Waals surface area contributed by atoms with Gasteiger partial charge in [-0.1, -0.05) is 36.4 Å². The summed E-state index contributed by atoms with van der Waals surface area (Å²) in [4.78, 5) is 2.39. The van der Waals surface area contributed by atoms with Gasteiger partial charge >= 0.3 is 0 Å². The first-order valence-corrected chi connectivity index (χ1v) is 10.5. The third-order valence-corrected chi connectivity index (χ3v) is 5.14. The number of nitrogens with zero attached hydrogens (tertiary/aromatic N) is 1. The van der Waals surface area contributed by atoms with Crippen LogP contribution in [0.15, 0.2) is 72.8 Å². The summed E-state index contributed by atoms with van der Waals surface area (Å²) in [6, 6.07) is 24.9. The molecule has 0 unspecified atom stereocenters. The highest BCUT2D eigenvalue weighted by atomic mass is 16.5. The van der Waals surface area contributed by atoms with E-state index < -0.39 is 0 Å². The summed E-state index contributed by atoms with van der Waals surface area (Å²) in [6.07, 6.45) is 0. The molecule has 0 spiro atoms. The fraction of sp³-hybridized carbons (Fsp3) is 0.280.